The molecule has 1 aliphatic rings. The molecule has 10 nitrogen and oxygen atoms in total. The van der Waals surface area contributed by atoms with E-state index in [1.54, 1.807) is 6.20 Å². The highest BCUT2D eigenvalue weighted by atomic mass is 16.5. The van der Waals surface area contributed by atoms with E-state index >= 15 is 0 Å². The van der Waals surface area contributed by atoms with Gasteiger partial charge in [-0.3, -0.25) is 9.69 Å². The van der Waals surface area contributed by atoms with Gasteiger partial charge in [0.2, 0.25) is 11.8 Å². The van der Waals surface area contributed by atoms with Crippen LogP contribution in [0.2, 0.25) is 0 Å². The maximum absolute atomic E-state index is 13.0. The Balaban J connectivity index is 1.47. The third-order valence-corrected chi connectivity index (χ3v) is 6.02. The monoisotopic (exact) mass is 466 g/mol. The van der Waals surface area contributed by atoms with Crippen molar-refractivity contribution in [3.8, 4) is 5.88 Å². The lowest BCUT2D eigenvalue weighted by Crippen LogP contribution is -2.48. The van der Waals surface area contributed by atoms with Crippen LogP contribution in [-0.2, 0) is 0 Å². The average Bonchev–Trinajstić information content (AvgIpc) is 3.14. The summed E-state index contributed by atoms with van der Waals surface area (Å²) in [6, 6.07) is 0.283. The first kappa shape index (κ1) is 23.9. The van der Waals surface area contributed by atoms with E-state index in [0.29, 0.717) is 18.4 Å². The summed E-state index contributed by atoms with van der Waals surface area (Å²) in [7, 11) is 0. The molecule has 34 heavy (non-hydrogen) atoms. The van der Waals surface area contributed by atoms with Crippen molar-refractivity contribution in [2.24, 2.45) is 0 Å². The van der Waals surface area contributed by atoms with Crippen LogP contribution in [0.25, 0.3) is 5.65 Å². The lowest BCUT2D eigenvalue weighted by molar-refractivity contribution is 0.102. The van der Waals surface area contributed by atoms with Gasteiger partial charge in [-0.25, -0.2) is 15.0 Å². The summed E-state index contributed by atoms with van der Waals surface area (Å²) in [5, 5.41) is 6.25. The van der Waals surface area contributed by atoms with Crippen LogP contribution in [0.3, 0.4) is 0 Å². The number of aryl methyl sites for hydroxylation is 2. The van der Waals surface area contributed by atoms with Crippen LogP contribution in [0.15, 0.2) is 18.6 Å². The number of nitrogens with zero attached hydrogens (tertiary/aromatic N) is 6. The fourth-order valence-electron chi connectivity index (χ4n) is 4.23. The molecule has 0 aliphatic carbocycles. The number of fused-ring (bicyclic) bond motifs is 1. The summed E-state index contributed by atoms with van der Waals surface area (Å²) in [4.78, 5) is 33.3. The van der Waals surface area contributed by atoms with Gasteiger partial charge in [-0.15, -0.1) is 0 Å². The molecule has 1 amide bonds. The maximum atomic E-state index is 13.0. The first-order valence-electron chi connectivity index (χ1n) is 11.8. The molecule has 0 spiro atoms. The van der Waals surface area contributed by atoms with Gasteiger partial charge in [0.25, 0.3) is 5.91 Å². The molecule has 1 saturated heterocycles. The topological polar surface area (TPSA) is 110 Å². The largest absolute Gasteiger partial charge is 0.477 e. The quantitative estimate of drug-likeness (QED) is 0.568. The second-order valence-corrected chi connectivity index (χ2v) is 9.70. The van der Waals surface area contributed by atoms with Gasteiger partial charge in [-0.05, 0) is 54.4 Å². The van der Waals surface area contributed by atoms with Crippen molar-refractivity contribution in [3.05, 3.63) is 35.5 Å². The number of piperidine rings is 1. The minimum atomic E-state index is -0.378. The molecule has 4 rings (SSSR count). The second-order valence-electron chi connectivity index (χ2n) is 9.70. The number of ether oxygens (including phenoxy) is 1. The number of carbonyl (C=O) groups is 1. The van der Waals surface area contributed by atoms with E-state index in [1.165, 1.54) is 6.20 Å². The number of imidazole rings is 1. The Bertz CT molecular complexity index is 1180. The predicted octanol–water partition coefficient (Wildman–Crippen LogP) is 3.46. The van der Waals surface area contributed by atoms with Crippen molar-refractivity contribution in [2.75, 3.05) is 30.3 Å². The minimum absolute atomic E-state index is 0.174. The fourth-order valence-corrected chi connectivity index (χ4v) is 4.23. The summed E-state index contributed by atoms with van der Waals surface area (Å²) in [5.41, 5.74) is 2.80. The van der Waals surface area contributed by atoms with Gasteiger partial charge in [0.15, 0.2) is 5.65 Å². The van der Waals surface area contributed by atoms with Crippen LogP contribution in [0.4, 0.5) is 11.8 Å². The third kappa shape index (κ3) is 5.27. The lowest BCUT2D eigenvalue weighted by atomic mass is 9.98. The number of nitrogens with one attached hydrogen (secondary N) is 2. The summed E-state index contributed by atoms with van der Waals surface area (Å²) >= 11 is 0. The molecule has 0 atom stereocenters. The average molecular weight is 467 g/mol. The Morgan fingerprint density at radius 2 is 1.88 bits per heavy atom. The minimum Gasteiger partial charge on any atom is -0.477 e. The van der Waals surface area contributed by atoms with Gasteiger partial charge in [0.1, 0.15) is 11.4 Å². The molecule has 0 aromatic carbocycles. The van der Waals surface area contributed by atoms with Crippen molar-refractivity contribution >= 4 is 23.3 Å². The van der Waals surface area contributed by atoms with E-state index in [0.717, 1.165) is 43.0 Å². The van der Waals surface area contributed by atoms with Crippen LogP contribution in [0.1, 0.15) is 62.3 Å². The van der Waals surface area contributed by atoms with Crippen LogP contribution >= 0.6 is 0 Å². The highest BCUT2D eigenvalue weighted by Crippen LogP contribution is 2.24. The molecule has 1 aliphatic heterocycles. The molecule has 3 aromatic rings. The number of anilines is 2. The third-order valence-electron chi connectivity index (χ3n) is 6.02. The molecule has 4 heterocycles. The predicted molar refractivity (Wildman–Crippen MR) is 132 cm³/mol. The van der Waals surface area contributed by atoms with Crippen LogP contribution in [0.5, 0.6) is 5.88 Å². The van der Waals surface area contributed by atoms with Gasteiger partial charge in [-0.1, -0.05) is 0 Å². The number of rotatable bonds is 6. The summed E-state index contributed by atoms with van der Waals surface area (Å²) < 4.78 is 7.54. The van der Waals surface area contributed by atoms with E-state index in [2.05, 4.69) is 56.2 Å². The first-order valence-corrected chi connectivity index (χ1v) is 11.8. The molecule has 10 heteroatoms. The van der Waals surface area contributed by atoms with Crippen molar-refractivity contribution in [3.63, 3.8) is 0 Å². The van der Waals surface area contributed by atoms with E-state index in [-0.39, 0.29) is 28.9 Å². The standard InChI is InChI=1S/C24H34N8O2/c1-7-34-22-18(21(33)29-19-14-31-13-15(2)26-20(31)16(3)27-19)12-25-23(30-22)28-17-8-10-32(11-9-17)24(4,5)6/h12-14,17H,7-11H2,1-6H3,(H,29,33)(H,25,28,30). The normalized spacial score (nSPS) is 15.5. The molecule has 2 N–H and O–H groups in total. The van der Waals surface area contributed by atoms with Gasteiger partial charge < -0.3 is 19.8 Å². The summed E-state index contributed by atoms with van der Waals surface area (Å²) in [6.45, 7) is 14.8. The van der Waals surface area contributed by atoms with Crippen LogP contribution < -0.4 is 15.4 Å². The molecule has 0 saturated carbocycles. The van der Waals surface area contributed by atoms with Crippen LogP contribution in [0, 0.1) is 13.8 Å². The number of carbonyl (C=O) groups excluding carboxylic acids is 1. The second kappa shape index (κ2) is 9.54. The summed E-state index contributed by atoms with van der Waals surface area (Å²) in [5.74, 6) is 0.763. The first-order chi connectivity index (χ1) is 16.1. The van der Waals surface area contributed by atoms with E-state index < -0.39 is 0 Å². The van der Waals surface area contributed by atoms with Crippen molar-refractivity contribution in [1.82, 2.24) is 29.2 Å². The Morgan fingerprint density at radius 3 is 2.56 bits per heavy atom. The molecular weight excluding hydrogens is 432 g/mol. The number of hydrogen-bond donors (Lipinski definition) is 2. The van der Waals surface area contributed by atoms with Gasteiger partial charge in [0.05, 0.1) is 24.2 Å². The zero-order valence-corrected chi connectivity index (χ0v) is 20.8. The molecular formula is C24H34N8O2. The molecule has 182 valence electrons. The zero-order valence-electron chi connectivity index (χ0n) is 20.8. The maximum Gasteiger partial charge on any atom is 0.263 e. The van der Waals surface area contributed by atoms with Crippen molar-refractivity contribution in [1.29, 1.82) is 0 Å². The Hall–Kier alpha value is -3.27. The Labute approximate surface area is 200 Å². The van der Waals surface area contributed by atoms with E-state index in [9.17, 15) is 4.79 Å². The van der Waals surface area contributed by atoms with Crippen molar-refractivity contribution in [2.45, 2.75) is 66.0 Å². The van der Waals surface area contributed by atoms with Gasteiger partial charge in [0, 0.05) is 37.1 Å². The molecule has 0 unspecified atom stereocenters. The zero-order chi connectivity index (χ0) is 24.5. The summed E-state index contributed by atoms with van der Waals surface area (Å²) in [6.07, 6.45) is 7.15. The number of amides is 1. The SMILES string of the molecule is CCOc1nc(NC2CCN(C(C)(C)C)CC2)ncc1C(=O)Nc1cn2cc(C)nc2c(C)n1. The van der Waals surface area contributed by atoms with Gasteiger partial charge in [-0.2, -0.15) is 4.98 Å². The molecule has 0 bridgehead atoms. The highest BCUT2D eigenvalue weighted by molar-refractivity contribution is 6.05. The molecule has 0 radical (unpaired) electrons. The number of likely N-dealkylation sites (tertiary alicyclic amines) is 1. The van der Waals surface area contributed by atoms with Crippen molar-refractivity contribution < 1.29 is 9.53 Å². The smallest absolute Gasteiger partial charge is 0.263 e. The highest BCUT2D eigenvalue weighted by Gasteiger charge is 2.27. The van der Waals surface area contributed by atoms with E-state index in [4.69, 9.17) is 4.74 Å². The molecule has 1 fully saturated rings. The molecule has 3 aromatic heterocycles. The number of hydrogen-bond acceptors (Lipinski definition) is 8. The van der Waals surface area contributed by atoms with E-state index in [1.807, 2.05) is 31.4 Å². The lowest BCUT2D eigenvalue weighted by Gasteiger charge is -2.41. The van der Waals surface area contributed by atoms with Gasteiger partial charge >= 0.3 is 0 Å². The Kier molecular flexibility index (Phi) is 6.70. The number of aromatic nitrogens is 5. The fraction of sp³-hybridized carbons (Fsp3) is 0.542. The van der Waals surface area contributed by atoms with Crippen LogP contribution in [-0.4, -0.2) is 66.4 Å². The Morgan fingerprint density at radius 1 is 1.15 bits per heavy atom.